The summed E-state index contributed by atoms with van der Waals surface area (Å²) in [7, 11) is 0. The fraction of sp³-hybridized carbons (Fsp3) is 1.00. The minimum absolute atomic E-state index is 1.26. The van der Waals surface area contributed by atoms with Gasteiger partial charge in [-0.2, -0.15) is 0 Å². The molecule has 5 nitrogen and oxygen atoms in total. The molecule has 0 unspecified atom stereocenters. The number of hydrogen-bond acceptors (Lipinski definition) is 4. The number of quaternary nitrogens is 1. The predicted molar refractivity (Wildman–Crippen MR) is 52.5 cm³/mol. The van der Waals surface area contributed by atoms with Crippen LogP contribution in [-0.4, -0.2) is 37.1 Å². The van der Waals surface area contributed by atoms with E-state index in [9.17, 15) is 20.5 Å². The highest BCUT2D eigenvalue weighted by molar-refractivity contribution is 4.71. The lowest BCUT2D eigenvalue weighted by atomic mass is 10.0. The summed E-state index contributed by atoms with van der Waals surface area (Å²) in [6.07, 6.45) is 0. The number of aliphatic hydroxyl groups is 3. The average Bonchev–Trinajstić information content (AvgIpc) is 1.77. The molecule has 0 aliphatic heterocycles. The van der Waals surface area contributed by atoms with E-state index in [-0.39, 0.29) is 0 Å². The largest absolute Gasteiger partial charge is 0.626 e. The third-order valence-corrected chi connectivity index (χ3v) is 2.31. The molecule has 0 aromatic heterocycles. The van der Waals surface area contributed by atoms with Gasteiger partial charge in [0.25, 0.3) is 0 Å². The molecule has 0 bridgehead atoms. The summed E-state index contributed by atoms with van der Waals surface area (Å²) < 4.78 is -1.52. The van der Waals surface area contributed by atoms with Crippen molar-refractivity contribution >= 4 is 0 Å². The normalized spacial score (nSPS) is 15.9. The van der Waals surface area contributed by atoms with Crippen molar-refractivity contribution in [1.82, 2.24) is 0 Å². The summed E-state index contributed by atoms with van der Waals surface area (Å²) in [5.41, 5.74) is -5.39. The van der Waals surface area contributed by atoms with E-state index in [1.165, 1.54) is 41.5 Å². The lowest BCUT2D eigenvalue weighted by molar-refractivity contribution is -1.07. The summed E-state index contributed by atoms with van der Waals surface area (Å²) in [6, 6.07) is 0. The van der Waals surface area contributed by atoms with E-state index in [1.54, 1.807) is 0 Å². The van der Waals surface area contributed by atoms with Crippen LogP contribution in [0.5, 0.6) is 0 Å². The molecule has 0 atom stereocenters. The van der Waals surface area contributed by atoms with Gasteiger partial charge in [-0.15, -0.1) is 0 Å². The quantitative estimate of drug-likeness (QED) is 0.357. The van der Waals surface area contributed by atoms with Crippen molar-refractivity contribution in [3.63, 3.8) is 0 Å². The maximum absolute atomic E-state index is 12.4. The highest BCUT2D eigenvalue weighted by Crippen LogP contribution is 2.38. The van der Waals surface area contributed by atoms with Crippen LogP contribution in [0.25, 0.3) is 0 Å². The summed E-state index contributed by atoms with van der Waals surface area (Å²) in [5, 5.41) is 41.6. The molecule has 3 N–H and O–H groups in total. The third-order valence-electron chi connectivity index (χ3n) is 2.31. The molecule has 0 aliphatic carbocycles. The molecule has 0 rings (SSSR count). The Morgan fingerprint density at radius 3 is 0.857 bits per heavy atom. The van der Waals surface area contributed by atoms with Gasteiger partial charge in [-0.3, -0.25) is 4.65 Å². The standard InChI is InChI=1S/C9H21NO4/c1-7(2,11)10(14,8(3,4)12)9(5,6)13/h11-13H,1-6H3. The lowest BCUT2D eigenvalue weighted by Gasteiger charge is -2.62. The van der Waals surface area contributed by atoms with Crippen LogP contribution < -0.4 is 0 Å². The zero-order valence-corrected chi connectivity index (χ0v) is 9.70. The molecular weight excluding hydrogens is 186 g/mol. The van der Waals surface area contributed by atoms with Crippen LogP contribution >= 0.6 is 0 Å². The van der Waals surface area contributed by atoms with Gasteiger partial charge in [-0.1, -0.05) is 0 Å². The Morgan fingerprint density at radius 2 is 0.857 bits per heavy atom. The van der Waals surface area contributed by atoms with E-state index in [1.807, 2.05) is 0 Å². The molecule has 5 heteroatoms. The minimum atomic E-state index is -1.80. The van der Waals surface area contributed by atoms with Crippen LogP contribution in [0, 0.1) is 5.21 Å². The monoisotopic (exact) mass is 207 g/mol. The van der Waals surface area contributed by atoms with E-state index in [4.69, 9.17) is 0 Å². The predicted octanol–water partition coefficient (Wildman–Crippen LogP) is 0.486. The molecule has 0 heterocycles. The lowest BCUT2D eigenvalue weighted by Crippen LogP contribution is -2.76. The molecule has 0 saturated heterocycles. The third kappa shape index (κ3) is 1.92. The van der Waals surface area contributed by atoms with Crippen molar-refractivity contribution in [1.29, 1.82) is 0 Å². The second-order valence-corrected chi connectivity index (χ2v) is 5.09. The Bertz CT molecular complexity index is 170. The van der Waals surface area contributed by atoms with Crippen molar-refractivity contribution < 1.29 is 20.0 Å². The van der Waals surface area contributed by atoms with Crippen molar-refractivity contribution in [3.05, 3.63) is 5.21 Å². The summed E-state index contributed by atoms with van der Waals surface area (Å²) in [4.78, 5) is 0. The Morgan fingerprint density at radius 1 is 0.714 bits per heavy atom. The van der Waals surface area contributed by atoms with Gasteiger partial charge in [-0.05, 0) is 0 Å². The molecule has 0 amide bonds. The molecular formula is C9H21NO4. The smallest absolute Gasteiger partial charge is 0.199 e. The molecule has 14 heavy (non-hydrogen) atoms. The van der Waals surface area contributed by atoms with Gasteiger partial charge in [0.1, 0.15) is 0 Å². The first-order valence-corrected chi connectivity index (χ1v) is 4.52. The van der Waals surface area contributed by atoms with Crippen LogP contribution in [0.2, 0.25) is 0 Å². The molecule has 0 aliphatic rings. The second-order valence-electron chi connectivity index (χ2n) is 5.09. The van der Waals surface area contributed by atoms with Gasteiger partial charge in [0.15, 0.2) is 17.2 Å². The fourth-order valence-corrected chi connectivity index (χ4v) is 2.01. The highest BCUT2D eigenvalue weighted by atomic mass is 16.7. The average molecular weight is 207 g/mol. The van der Waals surface area contributed by atoms with Crippen molar-refractivity contribution in [2.45, 2.75) is 58.7 Å². The van der Waals surface area contributed by atoms with Gasteiger partial charge in [0.05, 0.1) is 0 Å². The van der Waals surface area contributed by atoms with Gasteiger partial charge in [0.2, 0.25) is 0 Å². The second kappa shape index (κ2) is 3.15. The topological polar surface area (TPSA) is 83.8 Å². The van der Waals surface area contributed by atoms with Crippen LogP contribution in [0.4, 0.5) is 0 Å². The molecule has 0 aromatic rings. The molecule has 0 fully saturated rings. The summed E-state index contributed by atoms with van der Waals surface area (Å²) >= 11 is 0. The summed E-state index contributed by atoms with van der Waals surface area (Å²) in [6.45, 7) is 7.56. The molecule has 0 radical (unpaired) electrons. The number of nitrogens with zero attached hydrogens (tertiary/aromatic N) is 1. The first-order valence-electron chi connectivity index (χ1n) is 4.52. The van der Waals surface area contributed by atoms with E-state index >= 15 is 0 Å². The van der Waals surface area contributed by atoms with Crippen molar-refractivity contribution in [2.24, 2.45) is 0 Å². The SMILES string of the molecule is CC(C)(O)[N+]([O-])(C(C)(C)O)C(C)(C)O. The fourth-order valence-electron chi connectivity index (χ4n) is 2.01. The number of rotatable bonds is 3. The van der Waals surface area contributed by atoms with E-state index < -0.39 is 21.8 Å². The highest BCUT2D eigenvalue weighted by Gasteiger charge is 2.55. The first-order chi connectivity index (χ1) is 5.75. The summed E-state index contributed by atoms with van der Waals surface area (Å²) in [5.74, 6) is 0. The van der Waals surface area contributed by atoms with Gasteiger partial charge in [-0.25, -0.2) is 0 Å². The first kappa shape index (κ1) is 13.8. The van der Waals surface area contributed by atoms with Crippen molar-refractivity contribution in [2.75, 3.05) is 0 Å². The maximum atomic E-state index is 12.4. The Kier molecular flexibility index (Phi) is 3.10. The minimum Gasteiger partial charge on any atom is -0.626 e. The molecule has 86 valence electrons. The Labute approximate surface area is 84.8 Å². The van der Waals surface area contributed by atoms with E-state index in [0.717, 1.165) is 0 Å². The van der Waals surface area contributed by atoms with Crippen molar-refractivity contribution in [3.8, 4) is 0 Å². The zero-order chi connectivity index (χ0) is 12.0. The van der Waals surface area contributed by atoms with E-state index in [0.29, 0.717) is 0 Å². The maximum Gasteiger partial charge on any atom is 0.199 e. The van der Waals surface area contributed by atoms with Gasteiger partial charge < -0.3 is 20.5 Å². The molecule has 0 spiro atoms. The zero-order valence-electron chi connectivity index (χ0n) is 9.70. The Balaban J connectivity index is 5.54. The molecule has 0 saturated carbocycles. The number of hydrogen-bond donors (Lipinski definition) is 3. The van der Waals surface area contributed by atoms with Crippen LogP contribution in [0.1, 0.15) is 41.5 Å². The van der Waals surface area contributed by atoms with Crippen LogP contribution in [0.15, 0.2) is 0 Å². The van der Waals surface area contributed by atoms with E-state index in [2.05, 4.69) is 0 Å². The number of hydroxylamine groups is 3. The van der Waals surface area contributed by atoms with Gasteiger partial charge in [0, 0.05) is 41.5 Å². The van der Waals surface area contributed by atoms with Crippen LogP contribution in [0.3, 0.4) is 0 Å². The van der Waals surface area contributed by atoms with Gasteiger partial charge >= 0.3 is 0 Å². The Hall–Kier alpha value is -0.200. The van der Waals surface area contributed by atoms with Crippen LogP contribution in [-0.2, 0) is 0 Å². The molecule has 0 aromatic carbocycles.